The van der Waals surface area contributed by atoms with Crippen molar-refractivity contribution in [1.82, 2.24) is 20.2 Å². The Labute approximate surface area is 145 Å². The zero-order chi connectivity index (χ0) is 17.1. The van der Waals surface area contributed by atoms with Gasteiger partial charge in [0.15, 0.2) is 0 Å². The van der Waals surface area contributed by atoms with E-state index in [1.165, 1.54) is 16.9 Å². The summed E-state index contributed by atoms with van der Waals surface area (Å²) >= 11 is 3.38. The topological polar surface area (TPSA) is 72.7 Å². The third kappa shape index (κ3) is 3.83. The smallest absolute Gasteiger partial charge is 0.248 e. The molecule has 0 saturated heterocycles. The van der Waals surface area contributed by atoms with Crippen molar-refractivity contribution in [2.24, 2.45) is 0 Å². The van der Waals surface area contributed by atoms with E-state index in [-0.39, 0.29) is 18.3 Å². The number of aromatic nitrogens is 4. The van der Waals surface area contributed by atoms with Crippen LogP contribution in [0.3, 0.4) is 0 Å². The molecule has 1 heterocycles. The van der Waals surface area contributed by atoms with Crippen LogP contribution in [-0.2, 0) is 11.3 Å². The number of halogens is 2. The molecular formula is C16H13BrFN5O. The Morgan fingerprint density at radius 2 is 2.00 bits per heavy atom. The van der Waals surface area contributed by atoms with Crippen molar-refractivity contribution in [3.8, 4) is 11.4 Å². The lowest BCUT2D eigenvalue weighted by molar-refractivity contribution is -0.117. The van der Waals surface area contributed by atoms with Crippen molar-refractivity contribution in [1.29, 1.82) is 0 Å². The zero-order valence-corrected chi connectivity index (χ0v) is 14.3. The number of nitrogens with zero attached hydrogens (tertiary/aromatic N) is 4. The van der Waals surface area contributed by atoms with E-state index in [1.807, 2.05) is 25.1 Å². The van der Waals surface area contributed by atoms with Crippen LogP contribution in [0, 0.1) is 12.7 Å². The fraction of sp³-hybridized carbons (Fsp3) is 0.125. The highest BCUT2D eigenvalue weighted by atomic mass is 79.9. The first-order chi connectivity index (χ1) is 11.5. The molecule has 24 heavy (non-hydrogen) atoms. The molecule has 0 aliphatic rings. The van der Waals surface area contributed by atoms with E-state index in [4.69, 9.17) is 0 Å². The molecular weight excluding hydrogens is 377 g/mol. The average molecular weight is 390 g/mol. The number of benzene rings is 2. The van der Waals surface area contributed by atoms with Gasteiger partial charge in [0.25, 0.3) is 0 Å². The Kier molecular flexibility index (Phi) is 4.66. The van der Waals surface area contributed by atoms with E-state index in [9.17, 15) is 9.18 Å². The molecule has 6 nitrogen and oxygen atoms in total. The monoisotopic (exact) mass is 389 g/mol. The Hall–Kier alpha value is -2.61. The summed E-state index contributed by atoms with van der Waals surface area (Å²) in [5, 5.41) is 14.7. The first-order valence-corrected chi connectivity index (χ1v) is 7.90. The molecule has 0 aliphatic carbocycles. The molecule has 0 radical (unpaired) electrons. The fourth-order valence-electron chi connectivity index (χ4n) is 2.11. The maximum atomic E-state index is 12.9. The van der Waals surface area contributed by atoms with E-state index in [0.717, 1.165) is 15.7 Å². The lowest BCUT2D eigenvalue weighted by Gasteiger charge is -2.08. The van der Waals surface area contributed by atoms with Crippen molar-refractivity contribution in [3.05, 3.63) is 58.3 Å². The van der Waals surface area contributed by atoms with Crippen LogP contribution in [0.5, 0.6) is 0 Å². The van der Waals surface area contributed by atoms with Gasteiger partial charge in [-0.05, 0) is 60.2 Å². The van der Waals surface area contributed by atoms with Crippen LogP contribution in [-0.4, -0.2) is 26.1 Å². The Morgan fingerprint density at radius 1 is 1.25 bits per heavy atom. The molecule has 1 amide bonds. The predicted molar refractivity (Wildman–Crippen MR) is 90.7 cm³/mol. The number of hydrogen-bond acceptors (Lipinski definition) is 4. The predicted octanol–water partition coefficient (Wildman–Crippen LogP) is 3.19. The molecule has 1 N–H and O–H groups in total. The van der Waals surface area contributed by atoms with Gasteiger partial charge in [0.1, 0.15) is 12.4 Å². The highest BCUT2D eigenvalue weighted by molar-refractivity contribution is 9.10. The van der Waals surface area contributed by atoms with Gasteiger partial charge in [-0.25, -0.2) is 4.39 Å². The number of tetrazole rings is 1. The van der Waals surface area contributed by atoms with Gasteiger partial charge in [-0.1, -0.05) is 15.9 Å². The Bertz CT molecular complexity index is 878. The van der Waals surface area contributed by atoms with Crippen molar-refractivity contribution in [2.75, 3.05) is 5.32 Å². The maximum absolute atomic E-state index is 12.9. The molecule has 8 heteroatoms. The minimum Gasteiger partial charge on any atom is -0.324 e. The number of rotatable bonds is 4. The second kappa shape index (κ2) is 6.88. The molecule has 1 aromatic heterocycles. The second-order valence-electron chi connectivity index (χ2n) is 5.16. The molecule has 3 rings (SSSR count). The third-order valence-corrected chi connectivity index (χ3v) is 3.80. The van der Waals surface area contributed by atoms with Crippen LogP contribution in [0.2, 0.25) is 0 Å². The second-order valence-corrected chi connectivity index (χ2v) is 6.07. The molecule has 2 aromatic carbocycles. The van der Waals surface area contributed by atoms with Gasteiger partial charge in [-0.3, -0.25) is 4.79 Å². The Balaban J connectivity index is 1.68. The van der Waals surface area contributed by atoms with E-state index in [0.29, 0.717) is 11.4 Å². The van der Waals surface area contributed by atoms with Gasteiger partial charge in [-0.15, -0.1) is 10.2 Å². The SMILES string of the molecule is Cc1cc(Br)ccc1NC(=O)Cn1nnc(-c2ccc(F)cc2)n1. The highest BCUT2D eigenvalue weighted by Gasteiger charge is 2.10. The summed E-state index contributed by atoms with van der Waals surface area (Å²) in [6.45, 7) is 1.84. The first kappa shape index (κ1) is 16.3. The molecule has 122 valence electrons. The Morgan fingerprint density at radius 3 is 2.71 bits per heavy atom. The molecule has 0 aliphatic heterocycles. The minimum atomic E-state index is -0.338. The molecule has 0 saturated carbocycles. The number of hydrogen-bond donors (Lipinski definition) is 1. The summed E-state index contributed by atoms with van der Waals surface area (Å²) in [6, 6.07) is 11.3. The van der Waals surface area contributed by atoms with E-state index in [1.54, 1.807) is 12.1 Å². The zero-order valence-electron chi connectivity index (χ0n) is 12.7. The minimum absolute atomic E-state index is 0.0658. The van der Waals surface area contributed by atoms with Crippen LogP contribution >= 0.6 is 15.9 Å². The first-order valence-electron chi connectivity index (χ1n) is 7.11. The summed E-state index contributed by atoms with van der Waals surface area (Å²) in [4.78, 5) is 13.3. The van der Waals surface area contributed by atoms with E-state index < -0.39 is 0 Å². The molecule has 0 atom stereocenters. The maximum Gasteiger partial charge on any atom is 0.248 e. The summed E-state index contributed by atoms with van der Waals surface area (Å²) in [6.07, 6.45) is 0. The van der Waals surface area contributed by atoms with Gasteiger partial charge in [0.05, 0.1) is 0 Å². The highest BCUT2D eigenvalue weighted by Crippen LogP contribution is 2.20. The van der Waals surface area contributed by atoms with Gasteiger partial charge >= 0.3 is 0 Å². The molecule has 3 aromatic rings. The fourth-order valence-corrected chi connectivity index (χ4v) is 2.59. The number of amides is 1. The normalized spacial score (nSPS) is 10.6. The average Bonchev–Trinajstić information content (AvgIpc) is 2.99. The largest absolute Gasteiger partial charge is 0.324 e. The van der Waals surface area contributed by atoms with Crippen LogP contribution < -0.4 is 5.32 Å². The number of anilines is 1. The van der Waals surface area contributed by atoms with Gasteiger partial charge in [0, 0.05) is 15.7 Å². The van der Waals surface area contributed by atoms with Crippen molar-refractivity contribution >= 4 is 27.5 Å². The summed E-state index contributed by atoms with van der Waals surface area (Å²) in [5.41, 5.74) is 2.30. The van der Waals surface area contributed by atoms with Crippen molar-refractivity contribution < 1.29 is 9.18 Å². The number of aryl methyl sites for hydroxylation is 1. The van der Waals surface area contributed by atoms with Crippen LogP contribution in [0.1, 0.15) is 5.56 Å². The van der Waals surface area contributed by atoms with Crippen molar-refractivity contribution in [3.63, 3.8) is 0 Å². The number of carbonyl (C=O) groups is 1. The molecule has 0 fully saturated rings. The number of nitrogens with one attached hydrogen (secondary N) is 1. The standard InChI is InChI=1S/C16H13BrFN5O/c1-10-8-12(17)4-7-14(10)19-15(24)9-23-21-16(20-22-23)11-2-5-13(18)6-3-11/h2-8H,9H2,1H3,(H,19,24). The molecule has 0 spiro atoms. The van der Waals surface area contributed by atoms with Crippen LogP contribution in [0.4, 0.5) is 10.1 Å². The summed E-state index contributed by atoms with van der Waals surface area (Å²) in [5.74, 6) is -0.263. The quantitative estimate of drug-likeness (QED) is 0.743. The van der Waals surface area contributed by atoms with E-state index in [2.05, 4.69) is 36.7 Å². The van der Waals surface area contributed by atoms with Gasteiger partial charge < -0.3 is 5.32 Å². The van der Waals surface area contributed by atoms with E-state index >= 15 is 0 Å². The van der Waals surface area contributed by atoms with Crippen molar-refractivity contribution in [2.45, 2.75) is 13.5 Å². The number of carbonyl (C=O) groups excluding carboxylic acids is 1. The lowest BCUT2D eigenvalue weighted by Crippen LogP contribution is -2.20. The van der Waals surface area contributed by atoms with Crippen LogP contribution in [0.25, 0.3) is 11.4 Å². The van der Waals surface area contributed by atoms with Gasteiger partial charge in [-0.2, -0.15) is 4.80 Å². The summed E-state index contributed by atoms with van der Waals surface area (Å²) in [7, 11) is 0. The van der Waals surface area contributed by atoms with Gasteiger partial charge in [0.2, 0.25) is 11.7 Å². The molecule has 0 unspecified atom stereocenters. The lowest BCUT2D eigenvalue weighted by atomic mass is 10.2. The molecule has 0 bridgehead atoms. The van der Waals surface area contributed by atoms with Crippen LogP contribution in [0.15, 0.2) is 46.9 Å². The summed E-state index contributed by atoms with van der Waals surface area (Å²) < 4.78 is 13.9. The third-order valence-electron chi connectivity index (χ3n) is 3.30.